The molecule has 4 aliphatic carbocycles. The maximum absolute atomic E-state index is 13.5. The molecule has 30 heavy (non-hydrogen) atoms. The minimum Gasteiger partial charge on any atom is -0.458 e. The summed E-state index contributed by atoms with van der Waals surface area (Å²) < 4.78 is 4.85. The van der Waals surface area contributed by atoms with Gasteiger partial charge in [-0.05, 0) is 42.7 Å². The van der Waals surface area contributed by atoms with Gasteiger partial charge in [0.2, 0.25) is 5.78 Å². The van der Waals surface area contributed by atoms with E-state index in [2.05, 4.69) is 0 Å². The molecule has 4 rings (SSSR count). The molecule has 2 fully saturated rings. The van der Waals surface area contributed by atoms with Crippen LogP contribution >= 0.6 is 11.6 Å². The van der Waals surface area contributed by atoms with Gasteiger partial charge in [0.1, 0.15) is 11.4 Å². The lowest BCUT2D eigenvalue weighted by molar-refractivity contribution is -0.170. The third kappa shape index (κ3) is 2.79. The lowest BCUT2D eigenvalue weighted by Gasteiger charge is -2.56. The van der Waals surface area contributed by atoms with Gasteiger partial charge in [0.15, 0.2) is 12.4 Å². The second-order valence-corrected chi connectivity index (χ2v) is 10.2. The Morgan fingerprint density at radius 2 is 1.97 bits per heavy atom. The quantitative estimate of drug-likeness (QED) is 0.686. The van der Waals surface area contributed by atoms with Crippen LogP contribution in [0.4, 0.5) is 0 Å². The molecule has 1 N–H and O–H groups in total. The molecule has 4 aliphatic rings. The van der Waals surface area contributed by atoms with Crippen LogP contribution in [-0.2, 0) is 23.9 Å². The molecule has 0 saturated heterocycles. The number of rotatable bonds is 3. The van der Waals surface area contributed by atoms with Crippen molar-refractivity contribution in [2.45, 2.75) is 58.5 Å². The highest BCUT2D eigenvalue weighted by molar-refractivity contribution is 6.32. The van der Waals surface area contributed by atoms with E-state index in [4.69, 9.17) is 16.3 Å². The van der Waals surface area contributed by atoms with Crippen molar-refractivity contribution < 1.29 is 29.0 Å². The summed E-state index contributed by atoms with van der Waals surface area (Å²) in [5.74, 6) is -1.80. The third-order valence-corrected chi connectivity index (χ3v) is 8.61. The highest BCUT2D eigenvalue weighted by Gasteiger charge is 2.68. The Morgan fingerprint density at radius 3 is 2.63 bits per heavy atom. The van der Waals surface area contributed by atoms with Crippen molar-refractivity contribution in [3.63, 3.8) is 0 Å². The zero-order valence-electron chi connectivity index (χ0n) is 17.5. The Morgan fingerprint density at radius 1 is 1.27 bits per heavy atom. The van der Waals surface area contributed by atoms with Gasteiger partial charge in [0.05, 0.1) is 0 Å². The molecule has 0 bridgehead atoms. The van der Waals surface area contributed by atoms with Crippen LogP contribution in [0.2, 0.25) is 0 Å². The van der Waals surface area contributed by atoms with Crippen LogP contribution in [0.1, 0.15) is 52.9 Å². The van der Waals surface area contributed by atoms with E-state index in [9.17, 15) is 24.3 Å². The molecular formula is C23H27ClO6. The van der Waals surface area contributed by atoms with Gasteiger partial charge in [0.25, 0.3) is 0 Å². The number of carbonyl (C=O) groups excluding carboxylic acids is 4. The minimum atomic E-state index is -1.73. The summed E-state index contributed by atoms with van der Waals surface area (Å²) in [5, 5.41) is 11.9. The lowest BCUT2D eigenvalue weighted by Crippen LogP contribution is -2.60. The number of halogens is 1. The van der Waals surface area contributed by atoms with Crippen molar-refractivity contribution in [3.8, 4) is 0 Å². The third-order valence-electron chi connectivity index (χ3n) is 8.28. The Labute approximate surface area is 180 Å². The largest absolute Gasteiger partial charge is 0.458 e. The van der Waals surface area contributed by atoms with Crippen molar-refractivity contribution in [1.29, 1.82) is 0 Å². The predicted octanol–water partition coefficient (Wildman–Crippen LogP) is 2.90. The molecule has 0 aliphatic heterocycles. The smallest absolute Gasteiger partial charge is 0.303 e. The van der Waals surface area contributed by atoms with Gasteiger partial charge in [-0.15, -0.1) is 0 Å². The summed E-state index contributed by atoms with van der Waals surface area (Å²) in [4.78, 5) is 49.5. The first kappa shape index (κ1) is 21.4. The van der Waals surface area contributed by atoms with Crippen molar-refractivity contribution in [2.24, 2.45) is 28.6 Å². The summed E-state index contributed by atoms with van der Waals surface area (Å²) in [6.07, 6.45) is 5.24. The first-order chi connectivity index (χ1) is 13.9. The van der Waals surface area contributed by atoms with Gasteiger partial charge in [-0.25, -0.2) is 0 Å². The molecule has 0 aromatic carbocycles. The number of hydrogen-bond donors (Lipinski definition) is 1. The van der Waals surface area contributed by atoms with E-state index >= 15 is 0 Å². The highest BCUT2D eigenvalue weighted by Crippen LogP contribution is 2.66. The summed E-state index contributed by atoms with van der Waals surface area (Å²) >= 11 is 6.61. The monoisotopic (exact) mass is 434 g/mol. The molecular weight excluding hydrogens is 408 g/mol. The van der Waals surface area contributed by atoms with E-state index in [1.54, 1.807) is 13.0 Å². The summed E-state index contributed by atoms with van der Waals surface area (Å²) in [6, 6.07) is 0. The Hall–Kier alpha value is -1.79. The molecule has 2 saturated carbocycles. The first-order valence-electron chi connectivity index (χ1n) is 10.5. The van der Waals surface area contributed by atoms with Gasteiger partial charge in [-0.1, -0.05) is 31.5 Å². The summed E-state index contributed by atoms with van der Waals surface area (Å²) in [7, 11) is 0. The molecule has 0 amide bonds. The zero-order chi connectivity index (χ0) is 22.1. The van der Waals surface area contributed by atoms with Gasteiger partial charge in [0, 0.05) is 41.5 Å². The van der Waals surface area contributed by atoms with Crippen LogP contribution in [0.5, 0.6) is 0 Å². The fourth-order valence-corrected chi connectivity index (χ4v) is 7.08. The molecule has 0 heterocycles. The molecule has 162 valence electrons. The Kier molecular flexibility index (Phi) is 4.90. The van der Waals surface area contributed by atoms with E-state index in [1.165, 1.54) is 6.92 Å². The maximum atomic E-state index is 13.5. The average Bonchev–Trinajstić information content (AvgIpc) is 2.93. The van der Waals surface area contributed by atoms with Crippen LogP contribution in [0, 0.1) is 28.6 Å². The highest BCUT2D eigenvalue weighted by atomic mass is 35.5. The molecule has 0 aromatic heterocycles. The number of aliphatic hydroxyl groups is 1. The van der Waals surface area contributed by atoms with Crippen LogP contribution < -0.4 is 0 Å². The van der Waals surface area contributed by atoms with E-state index in [0.717, 1.165) is 5.57 Å². The van der Waals surface area contributed by atoms with E-state index in [0.29, 0.717) is 24.3 Å². The number of esters is 1. The van der Waals surface area contributed by atoms with Crippen LogP contribution in [0.15, 0.2) is 22.8 Å². The van der Waals surface area contributed by atoms with Gasteiger partial charge in [-0.3, -0.25) is 19.2 Å². The molecule has 0 radical (unpaired) electrons. The van der Waals surface area contributed by atoms with Crippen LogP contribution in [0.3, 0.4) is 0 Å². The van der Waals surface area contributed by atoms with Gasteiger partial charge < -0.3 is 9.84 Å². The zero-order valence-corrected chi connectivity index (χ0v) is 18.3. The number of allylic oxidation sites excluding steroid dienone is 4. The Bertz CT molecular complexity index is 919. The first-order valence-corrected chi connectivity index (χ1v) is 10.9. The van der Waals surface area contributed by atoms with Crippen molar-refractivity contribution in [1.82, 2.24) is 0 Å². The lowest BCUT2D eigenvalue weighted by atomic mass is 9.47. The number of ether oxygens (including phenoxy) is 1. The number of hydrogen-bond acceptors (Lipinski definition) is 6. The fraction of sp³-hybridized carbons (Fsp3) is 0.652. The fourth-order valence-electron chi connectivity index (χ4n) is 6.66. The Balaban J connectivity index is 1.74. The molecule has 0 unspecified atom stereocenters. The molecule has 6 atom stereocenters. The van der Waals surface area contributed by atoms with Gasteiger partial charge >= 0.3 is 5.97 Å². The number of ketones is 3. The van der Waals surface area contributed by atoms with Crippen molar-refractivity contribution in [2.75, 3.05) is 6.61 Å². The van der Waals surface area contributed by atoms with Gasteiger partial charge in [-0.2, -0.15) is 0 Å². The van der Waals surface area contributed by atoms with E-state index < -0.39 is 34.8 Å². The van der Waals surface area contributed by atoms with E-state index in [1.807, 2.05) is 13.0 Å². The standard InChI is InChI=1S/C23H27ClO6/c1-12(25)30-11-19(28)23(29)7-5-15-14-9-17(24)16-8-13(26)4-6-21(16,2)20(14)18(27)10-22(15,23)3/h8-9,14-15,20,29H,4-7,10-11H2,1-3H3/t14-,15-,20+,21-,22-,23-/m0/s1. The van der Waals surface area contributed by atoms with E-state index in [-0.39, 0.29) is 42.2 Å². The molecule has 0 spiro atoms. The molecule has 6 nitrogen and oxygen atoms in total. The molecule has 7 heteroatoms. The second-order valence-electron chi connectivity index (χ2n) is 9.78. The minimum absolute atomic E-state index is 0.0115. The summed E-state index contributed by atoms with van der Waals surface area (Å²) in [5.41, 5.74) is -2.48. The van der Waals surface area contributed by atoms with Crippen molar-refractivity contribution in [3.05, 3.63) is 22.8 Å². The maximum Gasteiger partial charge on any atom is 0.303 e. The summed E-state index contributed by atoms with van der Waals surface area (Å²) in [6.45, 7) is 4.51. The van der Waals surface area contributed by atoms with Crippen LogP contribution in [-0.4, -0.2) is 40.6 Å². The SMILES string of the molecule is CC(=O)OCC(=O)[C@@]1(O)CC[C@H]2[C@@H]3C=C(Cl)C4=CC(=O)CC[C@]4(C)[C@H]3C(=O)C[C@@]21C. The molecule has 0 aromatic rings. The number of fused-ring (bicyclic) bond motifs is 5. The average molecular weight is 435 g/mol. The second kappa shape index (κ2) is 6.86. The predicted molar refractivity (Wildman–Crippen MR) is 108 cm³/mol. The number of carbonyl (C=O) groups is 4. The van der Waals surface area contributed by atoms with Crippen LogP contribution in [0.25, 0.3) is 0 Å². The normalized spacial score (nSPS) is 42.5. The van der Waals surface area contributed by atoms with Crippen molar-refractivity contribution >= 4 is 34.9 Å². The topological polar surface area (TPSA) is 97.7 Å². The number of Topliss-reactive ketones (excluding diaryl/α,β-unsaturated/α-hetero) is 2.